The number of nitrogens with one attached hydrogen (secondary N) is 1. The van der Waals surface area contributed by atoms with Gasteiger partial charge in [-0.2, -0.15) is 0 Å². The second kappa shape index (κ2) is 8.66. The zero-order chi connectivity index (χ0) is 20.0. The highest BCUT2D eigenvalue weighted by molar-refractivity contribution is 5.79. The van der Waals surface area contributed by atoms with Crippen molar-refractivity contribution in [2.45, 2.75) is 27.2 Å². The van der Waals surface area contributed by atoms with E-state index in [2.05, 4.69) is 36.2 Å². The van der Waals surface area contributed by atoms with Crippen LogP contribution in [0.25, 0.3) is 0 Å². The van der Waals surface area contributed by atoms with E-state index in [1.807, 2.05) is 12.1 Å². The molecule has 1 heterocycles. The summed E-state index contributed by atoms with van der Waals surface area (Å²) in [7, 11) is 0. The molecule has 1 aliphatic rings. The molecule has 0 atom stereocenters. The largest absolute Gasteiger partial charge is 0.504 e. The lowest BCUT2D eigenvalue weighted by molar-refractivity contribution is -0.105. The molecule has 0 spiro atoms. The predicted octanol–water partition coefficient (Wildman–Crippen LogP) is 4.14. The molecule has 1 aliphatic heterocycles. The third kappa shape index (κ3) is 5.54. The maximum absolute atomic E-state index is 12.6. The van der Waals surface area contributed by atoms with Crippen molar-refractivity contribution in [3.63, 3.8) is 0 Å². The van der Waals surface area contributed by atoms with Crippen molar-refractivity contribution >= 4 is 24.1 Å². The first-order valence-electron chi connectivity index (χ1n) is 8.75. The molecule has 0 bridgehead atoms. The van der Waals surface area contributed by atoms with Crippen molar-refractivity contribution in [2.75, 3.05) is 23.3 Å². The van der Waals surface area contributed by atoms with E-state index in [0.717, 1.165) is 18.8 Å². The monoisotopic (exact) mass is 372 g/mol. The lowest BCUT2D eigenvalue weighted by Gasteiger charge is -2.21. The van der Waals surface area contributed by atoms with Crippen LogP contribution in [-0.4, -0.2) is 30.9 Å². The Kier molecular flexibility index (Phi) is 6.55. The normalized spacial score (nSPS) is 14.9. The summed E-state index contributed by atoms with van der Waals surface area (Å²) in [4.78, 5) is 22.9. The van der Waals surface area contributed by atoms with Gasteiger partial charge < -0.3 is 15.3 Å². The van der Waals surface area contributed by atoms with E-state index in [1.54, 1.807) is 6.92 Å². The average molecular weight is 372 g/mol. The van der Waals surface area contributed by atoms with Crippen LogP contribution in [0.5, 0.6) is 5.75 Å². The number of phenolic OH excluding ortho intramolecular Hbond substituents is 1. The average Bonchev–Trinajstić information content (AvgIpc) is 2.99. The number of anilines is 2. The Labute approximate surface area is 158 Å². The number of hydrogen-bond acceptors (Lipinski definition) is 4. The highest BCUT2D eigenvalue weighted by Crippen LogP contribution is 2.32. The first-order valence-corrected chi connectivity index (χ1v) is 8.75. The Morgan fingerprint density at radius 1 is 1.19 bits per heavy atom. The standard InChI is InChI=1S/C13H18N2O.C8H7FO2/c1-13(2)7-8-15(9-13)12-5-3-11(4-6-12)14-10-16;1-5-2-6(4-10)8(11)7(9)3-5/h3-6,10H,7-9H2,1-2H3,(H,14,16);2-4,11H,1H3. The van der Waals surface area contributed by atoms with Gasteiger partial charge in [0.1, 0.15) is 0 Å². The molecular weight excluding hydrogens is 347 g/mol. The van der Waals surface area contributed by atoms with E-state index in [4.69, 9.17) is 5.11 Å². The summed E-state index contributed by atoms with van der Waals surface area (Å²) in [6.07, 6.45) is 2.36. The van der Waals surface area contributed by atoms with Crippen LogP contribution >= 0.6 is 0 Å². The molecule has 2 aromatic carbocycles. The van der Waals surface area contributed by atoms with Crippen LogP contribution in [0.3, 0.4) is 0 Å². The number of rotatable bonds is 4. The Hall–Kier alpha value is -2.89. The van der Waals surface area contributed by atoms with Gasteiger partial charge in [-0.3, -0.25) is 9.59 Å². The molecule has 0 radical (unpaired) electrons. The van der Waals surface area contributed by atoms with Gasteiger partial charge in [-0.05, 0) is 60.7 Å². The quantitative estimate of drug-likeness (QED) is 0.792. The molecular formula is C21H25FN2O3. The summed E-state index contributed by atoms with van der Waals surface area (Å²) in [5, 5.41) is 11.6. The van der Waals surface area contributed by atoms with Gasteiger partial charge in [-0.1, -0.05) is 13.8 Å². The summed E-state index contributed by atoms with van der Waals surface area (Å²) in [6, 6.07) is 10.6. The molecule has 1 amide bonds. The zero-order valence-electron chi connectivity index (χ0n) is 15.8. The predicted molar refractivity (Wildman–Crippen MR) is 105 cm³/mol. The van der Waals surface area contributed by atoms with Crippen molar-refractivity contribution in [3.05, 3.63) is 53.3 Å². The molecule has 144 valence electrons. The van der Waals surface area contributed by atoms with E-state index in [1.165, 1.54) is 24.2 Å². The molecule has 2 aromatic rings. The number of halogens is 1. The first-order chi connectivity index (χ1) is 12.8. The van der Waals surface area contributed by atoms with Crippen molar-refractivity contribution in [2.24, 2.45) is 5.41 Å². The van der Waals surface area contributed by atoms with E-state index < -0.39 is 11.6 Å². The third-order valence-electron chi connectivity index (χ3n) is 4.50. The van der Waals surface area contributed by atoms with Gasteiger partial charge >= 0.3 is 0 Å². The molecule has 5 nitrogen and oxygen atoms in total. The highest BCUT2D eigenvalue weighted by Gasteiger charge is 2.29. The van der Waals surface area contributed by atoms with Gasteiger partial charge in [0.25, 0.3) is 0 Å². The minimum atomic E-state index is -0.757. The summed E-state index contributed by atoms with van der Waals surface area (Å²) in [6.45, 7) is 8.47. The number of aromatic hydroxyl groups is 1. The van der Waals surface area contributed by atoms with Gasteiger partial charge in [0, 0.05) is 24.5 Å². The number of phenols is 1. The van der Waals surface area contributed by atoms with Crippen molar-refractivity contribution in [3.8, 4) is 5.75 Å². The van der Waals surface area contributed by atoms with E-state index >= 15 is 0 Å². The number of nitrogens with zero attached hydrogens (tertiary/aromatic N) is 1. The second-order valence-corrected chi connectivity index (χ2v) is 7.45. The van der Waals surface area contributed by atoms with Crippen LogP contribution in [0.4, 0.5) is 15.8 Å². The smallest absolute Gasteiger partial charge is 0.211 e. The van der Waals surface area contributed by atoms with Gasteiger partial charge in [0.2, 0.25) is 6.41 Å². The Morgan fingerprint density at radius 2 is 1.85 bits per heavy atom. The summed E-state index contributed by atoms with van der Waals surface area (Å²) in [5.41, 5.74) is 3.10. The molecule has 27 heavy (non-hydrogen) atoms. The third-order valence-corrected chi connectivity index (χ3v) is 4.50. The van der Waals surface area contributed by atoms with Gasteiger partial charge in [0.15, 0.2) is 17.9 Å². The number of carbonyl (C=O) groups is 2. The second-order valence-electron chi connectivity index (χ2n) is 7.45. The Balaban J connectivity index is 0.000000208. The van der Waals surface area contributed by atoms with Crippen molar-refractivity contribution in [1.82, 2.24) is 0 Å². The fourth-order valence-electron chi connectivity index (χ4n) is 3.02. The number of hydrogen-bond donors (Lipinski definition) is 2. The van der Waals surface area contributed by atoms with Crippen LogP contribution in [0.15, 0.2) is 36.4 Å². The van der Waals surface area contributed by atoms with E-state index in [0.29, 0.717) is 23.7 Å². The minimum absolute atomic E-state index is 0.0116. The molecule has 0 aromatic heterocycles. The number of amides is 1. The number of carbonyl (C=O) groups excluding carboxylic acids is 2. The van der Waals surface area contributed by atoms with Crippen LogP contribution in [0.2, 0.25) is 0 Å². The molecule has 2 N–H and O–H groups in total. The Bertz CT molecular complexity index is 804. The lowest BCUT2D eigenvalue weighted by Crippen LogP contribution is -2.22. The molecule has 6 heteroatoms. The molecule has 0 saturated carbocycles. The lowest BCUT2D eigenvalue weighted by atomic mass is 9.93. The van der Waals surface area contributed by atoms with Crippen LogP contribution < -0.4 is 10.2 Å². The SMILES string of the molecule is CC1(C)CCN(c2ccc(NC=O)cc2)C1.Cc1cc(F)c(O)c(C=O)c1. The topological polar surface area (TPSA) is 69.6 Å². The van der Waals surface area contributed by atoms with E-state index in [9.17, 15) is 14.0 Å². The number of aldehydes is 1. The molecule has 3 rings (SSSR count). The summed E-state index contributed by atoms with van der Waals surface area (Å²) >= 11 is 0. The van der Waals surface area contributed by atoms with Crippen LogP contribution in [0, 0.1) is 18.2 Å². The Morgan fingerprint density at radius 3 is 2.37 bits per heavy atom. The van der Waals surface area contributed by atoms with E-state index in [-0.39, 0.29) is 5.56 Å². The summed E-state index contributed by atoms with van der Waals surface area (Å²) in [5.74, 6) is -1.34. The van der Waals surface area contributed by atoms with Crippen molar-refractivity contribution < 1.29 is 19.1 Å². The van der Waals surface area contributed by atoms with Gasteiger partial charge in [-0.15, -0.1) is 0 Å². The van der Waals surface area contributed by atoms with Crippen molar-refractivity contribution in [1.29, 1.82) is 0 Å². The van der Waals surface area contributed by atoms with Gasteiger partial charge in [0.05, 0.1) is 5.56 Å². The maximum Gasteiger partial charge on any atom is 0.211 e. The fraction of sp³-hybridized carbons (Fsp3) is 0.333. The minimum Gasteiger partial charge on any atom is -0.504 e. The van der Waals surface area contributed by atoms with Crippen LogP contribution in [0.1, 0.15) is 36.2 Å². The first kappa shape index (κ1) is 20.4. The highest BCUT2D eigenvalue weighted by atomic mass is 19.1. The number of benzene rings is 2. The zero-order valence-corrected chi connectivity index (χ0v) is 15.8. The fourth-order valence-corrected chi connectivity index (χ4v) is 3.02. The van der Waals surface area contributed by atoms with Gasteiger partial charge in [-0.25, -0.2) is 4.39 Å². The molecule has 0 aliphatic carbocycles. The number of aryl methyl sites for hydroxylation is 1. The molecule has 1 saturated heterocycles. The summed E-state index contributed by atoms with van der Waals surface area (Å²) < 4.78 is 12.6. The molecule has 0 unspecified atom stereocenters. The van der Waals surface area contributed by atoms with Crippen LogP contribution in [-0.2, 0) is 4.79 Å². The molecule has 1 fully saturated rings. The maximum atomic E-state index is 12.6.